The van der Waals surface area contributed by atoms with Gasteiger partial charge in [-0.3, -0.25) is 9.78 Å². The van der Waals surface area contributed by atoms with Crippen LogP contribution in [0.4, 0.5) is 11.6 Å². The van der Waals surface area contributed by atoms with Crippen LogP contribution in [0.2, 0.25) is 0 Å². The lowest BCUT2D eigenvalue weighted by molar-refractivity contribution is 0.0659. The standard InChI is InChI=1S/C25H27N7O3/c1-31-8-10-32(11-9-31)24(34)23-15-17-14-18(2-3-20(17)29-23)28-25-27-7-5-21(30-25)22-16-19(4-6-26-22)35-13-12-33/h2-7,14-16,29,33H,8-13H2,1H3,(H,27,28,30). The zero-order valence-corrected chi connectivity index (χ0v) is 19.4. The number of hydrogen-bond donors (Lipinski definition) is 3. The Morgan fingerprint density at radius 2 is 1.89 bits per heavy atom. The van der Waals surface area contributed by atoms with E-state index in [0.29, 0.717) is 28.8 Å². The number of likely N-dealkylation sites (N-methyl/N-ethyl adjacent to an activating group) is 1. The Bertz CT molecular complexity index is 1330. The number of hydrogen-bond acceptors (Lipinski definition) is 8. The van der Waals surface area contributed by atoms with Gasteiger partial charge in [-0.2, -0.15) is 0 Å². The second kappa shape index (κ2) is 10.1. The Balaban J connectivity index is 1.32. The van der Waals surface area contributed by atoms with Gasteiger partial charge in [0.25, 0.3) is 5.91 Å². The van der Waals surface area contributed by atoms with Gasteiger partial charge in [0.15, 0.2) is 0 Å². The molecule has 10 nitrogen and oxygen atoms in total. The maximum absolute atomic E-state index is 12.9. The summed E-state index contributed by atoms with van der Waals surface area (Å²) in [5.41, 5.74) is 3.57. The summed E-state index contributed by atoms with van der Waals surface area (Å²) in [7, 11) is 2.07. The highest BCUT2D eigenvalue weighted by Gasteiger charge is 2.21. The van der Waals surface area contributed by atoms with Crippen molar-refractivity contribution in [2.45, 2.75) is 0 Å². The van der Waals surface area contributed by atoms with Gasteiger partial charge in [0.2, 0.25) is 5.95 Å². The van der Waals surface area contributed by atoms with E-state index in [1.54, 1.807) is 30.6 Å². The molecule has 1 amide bonds. The van der Waals surface area contributed by atoms with Gasteiger partial charge >= 0.3 is 0 Å². The minimum absolute atomic E-state index is 0.0255. The molecule has 10 heteroatoms. The number of carbonyl (C=O) groups is 1. The van der Waals surface area contributed by atoms with Gasteiger partial charge in [-0.05, 0) is 43.4 Å². The summed E-state index contributed by atoms with van der Waals surface area (Å²) in [5.74, 6) is 1.06. The summed E-state index contributed by atoms with van der Waals surface area (Å²) in [6.07, 6.45) is 3.30. The van der Waals surface area contributed by atoms with Crippen molar-refractivity contribution in [2.75, 3.05) is 51.8 Å². The molecule has 35 heavy (non-hydrogen) atoms. The summed E-state index contributed by atoms with van der Waals surface area (Å²) >= 11 is 0. The Kier molecular flexibility index (Phi) is 6.55. The van der Waals surface area contributed by atoms with Gasteiger partial charge in [0.1, 0.15) is 18.1 Å². The van der Waals surface area contributed by atoms with E-state index in [2.05, 4.69) is 37.2 Å². The van der Waals surface area contributed by atoms with E-state index in [0.717, 1.165) is 42.8 Å². The summed E-state index contributed by atoms with van der Waals surface area (Å²) in [6.45, 7) is 3.39. The third-order valence-corrected chi connectivity index (χ3v) is 5.91. The minimum Gasteiger partial charge on any atom is -0.491 e. The molecule has 5 rings (SSSR count). The molecule has 0 radical (unpaired) electrons. The van der Waals surface area contributed by atoms with E-state index in [1.165, 1.54) is 0 Å². The van der Waals surface area contributed by atoms with Gasteiger partial charge in [-0.1, -0.05) is 0 Å². The molecule has 1 fully saturated rings. The van der Waals surface area contributed by atoms with Gasteiger partial charge < -0.3 is 29.9 Å². The molecule has 0 bridgehead atoms. The number of aromatic amines is 1. The van der Waals surface area contributed by atoms with Crippen molar-refractivity contribution >= 4 is 28.4 Å². The Morgan fingerprint density at radius 3 is 2.71 bits per heavy atom. The quantitative estimate of drug-likeness (QED) is 0.375. The number of amides is 1. The van der Waals surface area contributed by atoms with Crippen LogP contribution in [0.1, 0.15) is 10.5 Å². The second-order valence-electron chi connectivity index (χ2n) is 8.42. The third kappa shape index (κ3) is 5.23. The minimum atomic E-state index is -0.0593. The number of aromatic nitrogens is 4. The van der Waals surface area contributed by atoms with Crippen LogP contribution in [0.3, 0.4) is 0 Å². The molecule has 0 unspecified atom stereocenters. The van der Waals surface area contributed by atoms with Crippen LogP contribution in [0.25, 0.3) is 22.3 Å². The molecule has 0 saturated carbocycles. The van der Waals surface area contributed by atoms with E-state index >= 15 is 0 Å². The van der Waals surface area contributed by atoms with Crippen LogP contribution in [0, 0.1) is 0 Å². The summed E-state index contributed by atoms with van der Waals surface area (Å²) in [6, 6.07) is 13.0. The molecule has 1 saturated heterocycles. The lowest BCUT2D eigenvalue weighted by Gasteiger charge is -2.32. The van der Waals surface area contributed by atoms with Gasteiger partial charge in [-0.25, -0.2) is 9.97 Å². The zero-order valence-electron chi connectivity index (χ0n) is 19.4. The van der Waals surface area contributed by atoms with Crippen molar-refractivity contribution in [3.63, 3.8) is 0 Å². The van der Waals surface area contributed by atoms with Crippen LogP contribution in [0.5, 0.6) is 5.75 Å². The van der Waals surface area contributed by atoms with E-state index in [-0.39, 0.29) is 19.1 Å². The highest BCUT2D eigenvalue weighted by atomic mass is 16.5. The average Bonchev–Trinajstić information content (AvgIpc) is 3.31. The SMILES string of the molecule is CN1CCN(C(=O)c2cc3cc(Nc4nccc(-c5cc(OCCO)ccn5)n4)ccc3[nH]2)CC1. The highest BCUT2D eigenvalue weighted by Crippen LogP contribution is 2.25. The molecule has 3 N–H and O–H groups in total. The number of nitrogens with one attached hydrogen (secondary N) is 2. The normalized spacial score (nSPS) is 14.3. The number of anilines is 2. The van der Waals surface area contributed by atoms with Gasteiger partial charge in [0.05, 0.1) is 18.0 Å². The molecule has 180 valence electrons. The molecule has 0 spiro atoms. The fraction of sp³-hybridized carbons (Fsp3) is 0.280. The maximum atomic E-state index is 12.9. The predicted molar refractivity (Wildman–Crippen MR) is 133 cm³/mol. The van der Waals surface area contributed by atoms with Crippen LogP contribution in [0.15, 0.2) is 54.9 Å². The summed E-state index contributed by atoms with van der Waals surface area (Å²) in [5, 5.41) is 13.1. The molecule has 1 aromatic carbocycles. The van der Waals surface area contributed by atoms with E-state index in [9.17, 15) is 4.79 Å². The lowest BCUT2D eigenvalue weighted by Crippen LogP contribution is -2.47. The molecule has 4 aromatic rings. The predicted octanol–water partition coefficient (Wildman–Crippen LogP) is 2.52. The Labute approximate surface area is 202 Å². The number of nitrogens with zero attached hydrogens (tertiary/aromatic N) is 5. The van der Waals surface area contributed by atoms with Crippen molar-refractivity contribution in [3.05, 3.63) is 60.6 Å². The Hall–Kier alpha value is -4.02. The number of rotatable bonds is 7. The van der Waals surface area contributed by atoms with Crippen LogP contribution in [-0.4, -0.2) is 87.2 Å². The molecule has 4 heterocycles. The van der Waals surface area contributed by atoms with Gasteiger partial charge in [-0.15, -0.1) is 0 Å². The van der Waals surface area contributed by atoms with Crippen LogP contribution in [-0.2, 0) is 0 Å². The first-order valence-electron chi connectivity index (χ1n) is 11.5. The van der Waals surface area contributed by atoms with Crippen LogP contribution >= 0.6 is 0 Å². The number of pyridine rings is 1. The molecule has 0 aliphatic carbocycles. The summed E-state index contributed by atoms with van der Waals surface area (Å²) < 4.78 is 5.47. The molecular weight excluding hydrogens is 446 g/mol. The lowest BCUT2D eigenvalue weighted by atomic mass is 10.2. The number of ether oxygens (including phenoxy) is 1. The number of benzene rings is 1. The second-order valence-corrected chi connectivity index (χ2v) is 8.42. The fourth-order valence-electron chi connectivity index (χ4n) is 4.00. The Morgan fingerprint density at radius 1 is 1.06 bits per heavy atom. The smallest absolute Gasteiger partial charge is 0.270 e. The largest absolute Gasteiger partial charge is 0.491 e. The van der Waals surface area contributed by atoms with Crippen LogP contribution < -0.4 is 10.1 Å². The van der Waals surface area contributed by atoms with Gasteiger partial charge in [0, 0.05) is 61.2 Å². The number of aliphatic hydroxyl groups excluding tert-OH is 1. The molecule has 1 aliphatic rings. The average molecular weight is 474 g/mol. The third-order valence-electron chi connectivity index (χ3n) is 5.91. The van der Waals surface area contributed by atoms with Crippen molar-refractivity contribution in [3.8, 4) is 17.1 Å². The maximum Gasteiger partial charge on any atom is 0.270 e. The highest BCUT2D eigenvalue weighted by molar-refractivity contribution is 5.98. The monoisotopic (exact) mass is 473 g/mol. The molecule has 1 aliphatic heterocycles. The van der Waals surface area contributed by atoms with Crippen molar-refractivity contribution in [1.29, 1.82) is 0 Å². The zero-order chi connectivity index (χ0) is 24.2. The first-order valence-corrected chi connectivity index (χ1v) is 11.5. The number of H-pyrrole nitrogens is 1. The molecule has 0 atom stereocenters. The number of aliphatic hydroxyl groups is 1. The fourth-order valence-corrected chi connectivity index (χ4v) is 4.00. The molecular formula is C25H27N7O3. The first kappa shape index (κ1) is 22.8. The van der Waals surface area contributed by atoms with Crippen molar-refractivity contribution in [1.82, 2.24) is 29.7 Å². The molecule has 3 aromatic heterocycles. The number of piperazine rings is 1. The number of carbonyl (C=O) groups excluding carboxylic acids is 1. The summed E-state index contributed by atoms with van der Waals surface area (Å²) in [4.78, 5) is 33.5. The first-order chi connectivity index (χ1) is 17.1. The van der Waals surface area contributed by atoms with E-state index < -0.39 is 0 Å². The van der Waals surface area contributed by atoms with E-state index in [1.807, 2.05) is 29.2 Å². The number of fused-ring (bicyclic) bond motifs is 1. The van der Waals surface area contributed by atoms with E-state index in [4.69, 9.17) is 9.84 Å². The van der Waals surface area contributed by atoms with Crippen molar-refractivity contribution < 1.29 is 14.6 Å². The van der Waals surface area contributed by atoms with Crippen molar-refractivity contribution in [2.24, 2.45) is 0 Å². The topological polar surface area (TPSA) is 120 Å².